The second kappa shape index (κ2) is 12.6. The predicted octanol–water partition coefficient (Wildman–Crippen LogP) is 3.91. The zero-order valence-corrected chi connectivity index (χ0v) is 23.4. The number of fused-ring (bicyclic) bond motifs is 2. The molecule has 2 amide bonds. The number of likely N-dealkylation sites (N-methyl/N-ethyl adjacent to an activating group) is 1. The van der Waals surface area contributed by atoms with Crippen LogP contribution in [0.25, 0.3) is 17.3 Å². The fourth-order valence-electron chi connectivity index (χ4n) is 5.15. The summed E-state index contributed by atoms with van der Waals surface area (Å²) in [5.41, 5.74) is 2.62. The first-order valence-corrected chi connectivity index (χ1v) is 13.4. The molecule has 10 nitrogen and oxygen atoms in total. The van der Waals surface area contributed by atoms with Gasteiger partial charge in [0, 0.05) is 50.5 Å². The number of benzene rings is 1. The highest BCUT2D eigenvalue weighted by molar-refractivity contribution is 5.91. The Morgan fingerprint density at radius 2 is 1.85 bits per heavy atom. The third kappa shape index (κ3) is 7.54. The number of amides is 2. The van der Waals surface area contributed by atoms with Gasteiger partial charge in [-0.25, -0.2) is 4.79 Å². The number of ether oxygens (including phenoxy) is 3. The highest BCUT2D eigenvalue weighted by Crippen LogP contribution is 2.37. The van der Waals surface area contributed by atoms with Crippen molar-refractivity contribution >= 4 is 18.1 Å². The second-order valence-corrected chi connectivity index (χ2v) is 11.0. The minimum Gasteiger partial charge on any atom is -0.467 e. The van der Waals surface area contributed by atoms with Gasteiger partial charge < -0.3 is 29.7 Å². The summed E-state index contributed by atoms with van der Waals surface area (Å²) >= 11 is 0. The molecule has 0 saturated carbocycles. The molecular weight excluding hydrogens is 498 g/mol. The van der Waals surface area contributed by atoms with E-state index in [-0.39, 0.29) is 30.9 Å². The number of rotatable bonds is 9. The van der Waals surface area contributed by atoms with Gasteiger partial charge in [-0.15, -0.1) is 0 Å². The second-order valence-electron chi connectivity index (χ2n) is 11.0. The third-order valence-corrected chi connectivity index (χ3v) is 6.92. The van der Waals surface area contributed by atoms with E-state index >= 15 is 0 Å². The molecule has 2 atom stereocenters. The Morgan fingerprint density at radius 3 is 2.46 bits per heavy atom. The van der Waals surface area contributed by atoms with Gasteiger partial charge >= 0.3 is 6.09 Å². The van der Waals surface area contributed by atoms with Crippen LogP contribution in [-0.4, -0.2) is 71.8 Å². The lowest BCUT2D eigenvalue weighted by Crippen LogP contribution is -2.52. The maximum absolute atomic E-state index is 12.7. The quantitative estimate of drug-likeness (QED) is 0.366. The maximum atomic E-state index is 12.7. The molecule has 2 aromatic rings. The van der Waals surface area contributed by atoms with Crippen LogP contribution >= 0.6 is 0 Å². The molecule has 2 aliphatic heterocycles. The molecule has 2 unspecified atom stereocenters. The molecule has 0 radical (unpaired) electrons. The topological polar surface area (TPSA) is 115 Å². The van der Waals surface area contributed by atoms with Crippen LogP contribution in [0.3, 0.4) is 0 Å². The van der Waals surface area contributed by atoms with Crippen molar-refractivity contribution in [3.05, 3.63) is 47.7 Å². The maximum Gasteiger partial charge on any atom is 0.410 e. The zero-order chi connectivity index (χ0) is 28.0. The van der Waals surface area contributed by atoms with Gasteiger partial charge in [-0.05, 0) is 82.4 Å². The Balaban J connectivity index is 1.37. The summed E-state index contributed by atoms with van der Waals surface area (Å²) in [7, 11) is 3.14. The first-order valence-electron chi connectivity index (χ1n) is 13.4. The Hall–Kier alpha value is -3.50. The van der Waals surface area contributed by atoms with Crippen LogP contribution in [0.15, 0.2) is 36.4 Å². The summed E-state index contributed by atoms with van der Waals surface area (Å²) in [6.45, 7) is 6.40. The summed E-state index contributed by atoms with van der Waals surface area (Å²) in [5, 5.41) is 15.1. The van der Waals surface area contributed by atoms with Crippen molar-refractivity contribution in [2.24, 2.45) is 0 Å². The van der Waals surface area contributed by atoms with E-state index in [1.54, 1.807) is 20.2 Å². The molecule has 2 bridgehead atoms. The average Bonchev–Trinajstić information content (AvgIpc) is 3.19. The number of carbonyl (C=O) groups excluding carboxylic acids is 2. The fraction of sp³-hybridized carbons (Fsp3) is 0.517. The summed E-state index contributed by atoms with van der Waals surface area (Å²) in [6, 6.07) is 10.2. The van der Waals surface area contributed by atoms with Gasteiger partial charge in [0.15, 0.2) is 6.79 Å². The summed E-state index contributed by atoms with van der Waals surface area (Å²) in [4.78, 5) is 26.2. The molecule has 4 rings (SSSR count). The Labute approximate surface area is 230 Å². The van der Waals surface area contributed by atoms with Crippen LogP contribution in [-0.2, 0) is 20.8 Å². The van der Waals surface area contributed by atoms with Gasteiger partial charge in [-0.3, -0.25) is 4.79 Å². The van der Waals surface area contributed by atoms with E-state index in [0.29, 0.717) is 24.0 Å². The van der Waals surface area contributed by atoms with E-state index in [1.165, 1.54) is 6.08 Å². The molecule has 0 aliphatic carbocycles. The first kappa shape index (κ1) is 28.5. The Kier molecular flexibility index (Phi) is 9.19. The number of carbonyl (C=O) groups is 2. The van der Waals surface area contributed by atoms with Gasteiger partial charge in [0.2, 0.25) is 5.91 Å². The molecule has 0 spiro atoms. The van der Waals surface area contributed by atoms with Gasteiger partial charge in [0.05, 0.1) is 11.4 Å². The average molecular weight is 538 g/mol. The largest absolute Gasteiger partial charge is 0.467 e. The Morgan fingerprint density at radius 1 is 1.10 bits per heavy atom. The van der Waals surface area contributed by atoms with Gasteiger partial charge in [-0.2, -0.15) is 10.2 Å². The normalized spacial score (nSPS) is 20.7. The van der Waals surface area contributed by atoms with Crippen molar-refractivity contribution in [3.8, 4) is 17.0 Å². The highest BCUT2D eigenvalue weighted by Gasteiger charge is 2.44. The van der Waals surface area contributed by atoms with Crippen molar-refractivity contribution in [1.29, 1.82) is 0 Å². The lowest BCUT2D eigenvalue weighted by molar-refractivity contribution is -0.116. The van der Waals surface area contributed by atoms with Crippen LogP contribution in [0.5, 0.6) is 5.75 Å². The molecule has 2 saturated heterocycles. The molecule has 1 aromatic heterocycles. The van der Waals surface area contributed by atoms with Crippen LogP contribution in [0.4, 0.5) is 4.79 Å². The van der Waals surface area contributed by atoms with E-state index in [9.17, 15) is 9.59 Å². The Bertz CT molecular complexity index is 1160. The number of hydrogen-bond donors (Lipinski definition) is 2. The molecule has 2 N–H and O–H groups in total. The SMILES string of the molecule is CNC(=O)/C=C/c1ccc(-c2ccc(CNC3CC4CCC(C3)N4C(=O)OC(C)(C)C)nn2)c(OCOC)c1. The minimum absolute atomic E-state index is 0.0831. The van der Waals surface area contributed by atoms with Gasteiger partial charge in [0.1, 0.15) is 11.4 Å². The van der Waals surface area contributed by atoms with Crippen LogP contribution < -0.4 is 15.4 Å². The number of methoxy groups -OCH3 is 1. The van der Waals surface area contributed by atoms with Gasteiger partial charge in [-0.1, -0.05) is 6.07 Å². The summed E-state index contributed by atoms with van der Waals surface area (Å²) in [5.74, 6) is 0.401. The van der Waals surface area contributed by atoms with Crippen molar-refractivity contribution in [1.82, 2.24) is 25.7 Å². The van der Waals surface area contributed by atoms with Crippen molar-refractivity contribution in [2.45, 2.75) is 76.7 Å². The van der Waals surface area contributed by atoms with E-state index in [1.807, 2.05) is 56.0 Å². The lowest BCUT2D eigenvalue weighted by Gasteiger charge is -2.39. The highest BCUT2D eigenvalue weighted by atomic mass is 16.7. The van der Waals surface area contributed by atoms with Crippen molar-refractivity contribution in [3.63, 3.8) is 0 Å². The number of nitrogens with zero attached hydrogens (tertiary/aromatic N) is 3. The summed E-state index contributed by atoms with van der Waals surface area (Å²) < 4.78 is 16.5. The standard InChI is InChI=1S/C29H39N5O5/c1-29(2,3)39-28(36)34-22-9-10-23(34)16-21(15-22)31-17-20-8-12-25(33-32-20)24-11-6-19(7-13-27(35)30-4)14-26(24)38-18-37-5/h6-8,11-14,21-23,31H,9-10,15-18H2,1-5H3,(H,30,35)/b13-7+. The van der Waals surface area contributed by atoms with E-state index in [0.717, 1.165) is 42.5 Å². The van der Waals surface area contributed by atoms with Crippen LogP contribution in [0.1, 0.15) is 57.7 Å². The zero-order valence-electron chi connectivity index (χ0n) is 23.4. The number of piperidine rings is 1. The first-order chi connectivity index (χ1) is 18.7. The smallest absolute Gasteiger partial charge is 0.410 e. The van der Waals surface area contributed by atoms with E-state index in [4.69, 9.17) is 14.2 Å². The molecule has 3 heterocycles. The van der Waals surface area contributed by atoms with Crippen LogP contribution in [0.2, 0.25) is 0 Å². The van der Waals surface area contributed by atoms with Crippen LogP contribution in [0, 0.1) is 0 Å². The lowest BCUT2D eigenvalue weighted by atomic mass is 9.97. The monoisotopic (exact) mass is 537 g/mol. The minimum atomic E-state index is -0.487. The molecule has 2 fully saturated rings. The molecular formula is C29H39N5O5. The molecule has 39 heavy (non-hydrogen) atoms. The fourth-order valence-corrected chi connectivity index (χ4v) is 5.15. The summed E-state index contributed by atoms with van der Waals surface area (Å²) in [6.07, 6.45) is 6.83. The molecule has 210 valence electrons. The molecule has 1 aromatic carbocycles. The van der Waals surface area contributed by atoms with Gasteiger partial charge in [0.25, 0.3) is 0 Å². The molecule has 2 aliphatic rings. The predicted molar refractivity (Wildman–Crippen MR) is 148 cm³/mol. The third-order valence-electron chi connectivity index (χ3n) is 6.92. The number of aromatic nitrogens is 2. The molecule has 10 heteroatoms. The van der Waals surface area contributed by atoms with E-state index in [2.05, 4.69) is 20.8 Å². The van der Waals surface area contributed by atoms with Crippen molar-refractivity contribution < 1.29 is 23.8 Å². The number of hydrogen-bond acceptors (Lipinski definition) is 8. The van der Waals surface area contributed by atoms with E-state index < -0.39 is 5.60 Å². The number of nitrogens with one attached hydrogen (secondary N) is 2. The van der Waals surface area contributed by atoms with Crippen molar-refractivity contribution in [2.75, 3.05) is 21.0 Å².